The minimum Gasteiger partial charge on any atom is -0.443 e. The van der Waals surface area contributed by atoms with E-state index in [1.807, 2.05) is 26.2 Å². The zero-order valence-electron chi connectivity index (χ0n) is 9.21. The summed E-state index contributed by atoms with van der Waals surface area (Å²) in [7, 11) is 1.97. The highest BCUT2D eigenvalue weighted by atomic mass is 16.3. The van der Waals surface area contributed by atoms with Gasteiger partial charge in [0.2, 0.25) is 5.71 Å². The van der Waals surface area contributed by atoms with Gasteiger partial charge in [-0.05, 0) is 51.1 Å². The van der Waals surface area contributed by atoms with Gasteiger partial charge in [0.05, 0.1) is 0 Å². The van der Waals surface area contributed by atoms with Crippen molar-refractivity contribution in [3.63, 3.8) is 0 Å². The lowest BCUT2D eigenvalue weighted by atomic mass is 10.1. The number of nitrogens with one attached hydrogen (secondary N) is 1. The van der Waals surface area contributed by atoms with Crippen LogP contribution in [0.25, 0.3) is 11.1 Å². The maximum Gasteiger partial charge on any atom is 0.226 e. The van der Waals surface area contributed by atoms with E-state index in [4.69, 9.17) is 4.42 Å². The fourth-order valence-corrected chi connectivity index (χ4v) is 1.71. The average Bonchev–Trinajstić information content (AvgIpc) is 2.57. The number of fused-ring (bicyclic) bond motifs is 1. The van der Waals surface area contributed by atoms with Crippen molar-refractivity contribution in [3.05, 3.63) is 29.7 Å². The predicted octanol–water partition coefficient (Wildman–Crippen LogP) is 2.29. The molecule has 0 aliphatic carbocycles. The van der Waals surface area contributed by atoms with Gasteiger partial charge < -0.3 is 9.73 Å². The van der Waals surface area contributed by atoms with Gasteiger partial charge in [0, 0.05) is 11.6 Å². The Labute approximate surface area is 89.5 Å². The molecule has 0 spiro atoms. The van der Waals surface area contributed by atoms with Gasteiger partial charge in [-0.15, -0.1) is 0 Å². The van der Waals surface area contributed by atoms with Gasteiger partial charge in [-0.2, -0.15) is 0 Å². The Morgan fingerprint density at radius 3 is 3.07 bits per heavy atom. The van der Waals surface area contributed by atoms with E-state index in [9.17, 15) is 0 Å². The van der Waals surface area contributed by atoms with E-state index in [0.717, 1.165) is 36.2 Å². The number of rotatable bonds is 4. The summed E-state index contributed by atoms with van der Waals surface area (Å²) in [6, 6.07) is 4.19. The number of pyridine rings is 1. The minimum absolute atomic E-state index is 0.741. The monoisotopic (exact) mass is 204 g/mol. The van der Waals surface area contributed by atoms with Gasteiger partial charge in [0.25, 0.3) is 0 Å². The van der Waals surface area contributed by atoms with Crippen molar-refractivity contribution in [1.29, 1.82) is 0 Å². The number of aromatic nitrogens is 1. The van der Waals surface area contributed by atoms with Crippen LogP contribution >= 0.6 is 0 Å². The van der Waals surface area contributed by atoms with Crippen molar-refractivity contribution in [1.82, 2.24) is 10.3 Å². The fraction of sp³-hybridized carbons (Fsp3) is 0.417. The summed E-state index contributed by atoms with van der Waals surface area (Å²) in [5, 5.41) is 4.25. The van der Waals surface area contributed by atoms with E-state index in [1.54, 1.807) is 0 Å². The van der Waals surface area contributed by atoms with Gasteiger partial charge in [-0.1, -0.05) is 0 Å². The molecule has 0 aliphatic heterocycles. The van der Waals surface area contributed by atoms with E-state index < -0.39 is 0 Å². The molecule has 0 unspecified atom stereocenters. The summed E-state index contributed by atoms with van der Waals surface area (Å²) >= 11 is 0. The normalized spacial score (nSPS) is 11.1. The highest BCUT2D eigenvalue weighted by molar-refractivity contribution is 5.74. The molecule has 2 heterocycles. The molecule has 2 aromatic rings. The largest absolute Gasteiger partial charge is 0.443 e. The lowest BCUT2D eigenvalue weighted by Crippen LogP contribution is -2.08. The average molecular weight is 204 g/mol. The van der Waals surface area contributed by atoms with Gasteiger partial charge >= 0.3 is 0 Å². The van der Waals surface area contributed by atoms with Crippen LogP contribution in [-0.2, 0) is 6.42 Å². The van der Waals surface area contributed by atoms with Crippen molar-refractivity contribution in [2.75, 3.05) is 13.6 Å². The van der Waals surface area contributed by atoms with Crippen LogP contribution in [0.15, 0.2) is 22.7 Å². The van der Waals surface area contributed by atoms with Crippen molar-refractivity contribution < 1.29 is 4.42 Å². The maximum absolute atomic E-state index is 5.43. The summed E-state index contributed by atoms with van der Waals surface area (Å²) in [6.45, 7) is 2.99. The van der Waals surface area contributed by atoms with E-state index in [-0.39, 0.29) is 0 Å². The molecule has 3 nitrogen and oxygen atoms in total. The molecule has 0 fully saturated rings. The Morgan fingerprint density at radius 1 is 1.40 bits per heavy atom. The summed E-state index contributed by atoms with van der Waals surface area (Å²) in [5.74, 6) is 0.921. The van der Waals surface area contributed by atoms with Crippen molar-refractivity contribution in [2.45, 2.75) is 19.8 Å². The molecule has 0 bridgehead atoms. The van der Waals surface area contributed by atoms with Crippen LogP contribution in [0.5, 0.6) is 0 Å². The molecule has 15 heavy (non-hydrogen) atoms. The number of furan rings is 1. The third-order valence-corrected chi connectivity index (χ3v) is 2.44. The fourth-order valence-electron chi connectivity index (χ4n) is 1.71. The Bertz CT molecular complexity index is 448. The Morgan fingerprint density at radius 2 is 2.27 bits per heavy atom. The van der Waals surface area contributed by atoms with Crippen molar-refractivity contribution >= 4 is 11.1 Å². The zero-order chi connectivity index (χ0) is 10.7. The third-order valence-electron chi connectivity index (χ3n) is 2.44. The Hall–Kier alpha value is -1.35. The first-order valence-electron chi connectivity index (χ1n) is 5.29. The van der Waals surface area contributed by atoms with Crippen LogP contribution in [0.1, 0.15) is 17.7 Å². The second-order valence-electron chi connectivity index (χ2n) is 3.80. The molecular formula is C12H16N2O. The smallest absolute Gasteiger partial charge is 0.226 e. The maximum atomic E-state index is 5.43. The molecule has 0 atom stereocenters. The zero-order valence-corrected chi connectivity index (χ0v) is 9.21. The van der Waals surface area contributed by atoms with Crippen molar-refractivity contribution in [2.24, 2.45) is 0 Å². The lowest BCUT2D eigenvalue weighted by molar-refractivity contribution is 0.567. The quantitative estimate of drug-likeness (QED) is 0.776. The first-order chi connectivity index (χ1) is 7.29. The van der Waals surface area contributed by atoms with Crippen LogP contribution < -0.4 is 5.32 Å². The van der Waals surface area contributed by atoms with E-state index in [2.05, 4.69) is 16.4 Å². The lowest BCUT2D eigenvalue weighted by Gasteiger charge is -2.00. The van der Waals surface area contributed by atoms with Crippen LogP contribution in [-0.4, -0.2) is 18.6 Å². The predicted molar refractivity (Wildman–Crippen MR) is 61.0 cm³/mol. The summed E-state index contributed by atoms with van der Waals surface area (Å²) < 4.78 is 5.43. The molecular weight excluding hydrogens is 188 g/mol. The van der Waals surface area contributed by atoms with Crippen LogP contribution in [0.4, 0.5) is 0 Å². The molecule has 0 amide bonds. The molecule has 2 rings (SSSR count). The molecule has 0 saturated carbocycles. The SMILES string of the molecule is CNCCCc1cnc2oc(C)cc2c1. The van der Waals surface area contributed by atoms with Gasteiger partial charge in [0.1, 0.15) is 5.76 Å². The Balaban J connectivity index is 2.15. The number of aryl methyl sites for hydroxylation is 2. The summed E-state index contributed by atoms with van der Waals surface area (Å²) in [6.07, 6.45) is 4.11. The molecule has 2 aromatic heterocycles. The standard InChI is InChI=1S/C12H16N2O/c1-9-6-11-7-10(4-3-5-13-2)8-14-12(11)15-9/h6-8,13H,3-5H2,1-2H3. The molecule has 0 radical (unpaired) electrons. The molecule has 0 aliphatic rings. The molecule has 1 N–H and O–H groups in total. The topological polar surface area (TPSA) is 38.1 Å². The molecule has 0 saturated heterocycles. The van der Waals surface area contributed by atoms with Crippen molar-refractivity contribution in [3.8, 4) is 0 Å². The summed E-state index contributed by atoms with van der Waals surface area (Å²) in [5.41, 5.74) is 2.02. The number of hydrogen-bond acceptors (Lipinski definition) is 3. The van der Waals surface area contributed by atoms with Crippen LogP contribution in [0.3, 0.4) is 0 Å². The van der Waals surface area contributed by atoms with E-state index in [1.165, 1.54) is 5.56 Å². The van der Waals surface area contributed by atoms with E-state index >= 15 is 0 Å². The highest BCUT2D eigenvalue weighted by Gasteiger charge is 2.02. The highest BCUT2D eigenvalue weighted by Crippen LogP contribution is 2.18. The van der Waals surface area contributed by atoms with Crippen LogP contribution in [0.2, 0.25) is 0 Å². The van der Waals surface area contributed by atoms with Gasteiger partial charge in [-0.25, -0.2) is 4.98 Å². The van der Waals surface area contributed by atoms with Gasteiger partial charge in [0.15, 0.2) is 0 Å². The van der Waals surface area contributed by atoms with Gasteiger partial charge in [-0.3, -0.25) is 0 Å². The first-order valence-corrected chi connectivity index (χ1v) is 5.29. The third kappa shape index (κ3) is 2.36. The summed E-state index contributed by atoms with van der Waals surface area (Å²) in [4.78, 5) is 4.29. The van der Waals surface area contributed by atoms with E-state index in [0.29, 0.717) is 0 Å². The second kappa shape index (κ2) is 4.45. The Kier molecular flexibility index (Phi) is 3.02. The second-order valence-corrected chi connectivity index (χ2v) is 3.80. The minimum atomic E-state index is 0.741. The molecule has 80 valence electrons. The molecule has 0 aromatic carbocycles. The first kappa shape index (κ1) is 10.2. The number of hydrogen-bond donors (Lipinski definition) is 1. The number of nitrogens with zero attached hydrogens (tertiary/aromatic N) is 1. The van der Waals surface area contributed by atoms with Crippen LogP contribution in [0, 0.1) is 6.92 Å². The molecule has 3 heteroatoms.